The Morgan fingerprint density at radius 1 is 1.21 bits per heavy atom. The molecule has 0 aliphatic rings. The van der Waals surface area contributed by atoms with E-state index in [9.17, 15) is 5.11 Å². The first-order valence-corrected chi connectivity index (χ1v) is 6.47. The maximum Gasteiger partial charge on any atom is 0.163 e. The third-order valence-electron chi connectivity index (χ3n) is 3.13. The van der Waals surface area contributed by atoms with Crippen LogP contribution in [0.25, 0.3) is 11.0 Å². The number of imidazole rings is 1. The molecule has 2 aromatic rings. The van der Waals surface area contributed by atoms with Crippen molar-refractivity contribution in [2.45, 2.75) is 26.3 Å². The van der Waals surface area contributed by atoms with Crippen molar-refractivity contribution in [3.63, 3.8) is 0 Å². The summed E-state index contributed by atoms with van der Waals surface area (Å²) in [5, 5.41) is 9.21. The molecular formula is C14H20N2O3. The maximum absolute atomic E-state index is 9.21. The molecule has 0 aliphatic heterocycles. The van der Waals surface area contributed by atoms with E-state index in [1.807, 2.05) is 16.7 Å². The number of aryl methyl sites for hydroxylation is 1. The highest BCUT2D eigenvalue weighted by atomic mass is 16.5. The Morgan fingerprint density at radius 3 is 2.47 bits per heavy atom. The number of fused-ring (bicyclic) bond motifs is 1. The van der Waals surface area contributed by atoms with Crippen molar-refractivity contribution in [2.24, 2.45) is 0 Å². The standard InChI is InChI=1S/C14H20N2O3/c1-4-5-14-15-10-8-12(18-2)13(19-3)9-11(10)16(14)6-7-17/h8-9,17H,4-7H2,1-3H3. The predicted octanol–water partition coefficient (Wildman–Crippen LogP) is 2.00. The highest BCUT2D eigenvalue weighted by Crippen LogP contribution is 2.32. The Morgan fingerprint density at radius 2 is 1.89 bits per heavy atom. The van der Waals surface area contributed by atoms with Crippen LogP contribution in [-0.4, -0.2) is 35.5 Å². The molecule has 0 aliphatic carbocycles. The first kappa shape index (κ1) is 13.7. The molecule has 0 amide bonds. The van der Waals surface area contributed by atoms with Crippen LogP contribution in [-0.2, 0) is 13.0 Å². The number of hydrogen-bond acceptors (Lipinski definition) is 4. The fraction of sp³-hybridized carbons (Fsp3) is 0.500. The van der Waals surface area contributed by atoms with E-state index in [1.54, 1.807) is 14.2 Å². The lowest BCUT2D eigenvalue weighted by atomic mass is 10.2. The molecule has 0 saturated heterocycles. The second kappa shape index (κ2) is 5.93. The maximum atomic E-state index is 9.21. The van der Waals surface area contributed by atoms with Crippen LogP contribution in [0.1, 0.15) is 19.2 Å². The van der Waals surface area contributed by atoms with E-state index in [0.717, 1.165) is 29.7 Å². The number of benzene rings is 1. The highest BCUT2D eigenvalue weighted by Gasteiger charge is 2.14. The van der Waals surface area contributed by atoms with Crippen molar-refractivity contribution in [1.29, 1.82) is 0 Å². The summed E-state index contributed by atoms with van der Waals surface area (Å²) < 4.78 is 12.7. The first-order chi connectivity index (χ1) is 9.24. The largest absolute Gasteiger partial charge is 0.493 e. The van der Waals surface area contributed by atoms with E-state index in [4.69, 9.17) is 9.47 Å². The molecule has 2 rings (SSSR count). The first-order valence-electron chi connectivity index (χ1n) is 6.47. The SMILES string of the molecule is CCCc1nc2cc(OC)c(OC)cc2n1CCO. The average molecular weight is 264 g/mol. The van der Waals surface area contributed by atoms with Gasteiger partial charge in [0.15, 0.2) is 11.5 Å². The summed E-state index contributed by atoms with van der Waals surface area (Å²) in [5.74, 6) is 2.34. The van der Waals surface area contributed by atoms with Gasteiger partial charge in [-0.25, -0.2) is 4.98 Å². The van der Waals surface area contributed by atoms with Gasteiger partial charge in [0.1, 0.15) is 5.82 Å². The van der Waals surface area contributed by atoms with Crippen LogP contribution < -0.4 is 9.47 Å². The number of nitrogens with zero attached hydrogens (tertiary/aromatic N) is 2. The normalized spacial score (nSPS) is 10.9. The van der Waals surface area contributed by atoms with Crippen molar-refractivity contribution in [1.82, 2.24) is 9.55 Å². The Kier molecular flexibility index (Phi) is 4.27. The smallest absolute Gasteiger partial charge is 0.163 e. The molecule has 0 fully saturated rings. The number of hydrogen-bond donors (Lipinski definition) is 1. The van der Waals surface area contributed by atoms with Gasteiger partial charge in [-0.1, -0.05) is 6.92 Å². The average Bonchev–Trinajstić information content (AvgIpc) is 2.75. The van der Waals surface area contributed by atoms with Crippen LogP contribution in [0.3, 0.4) is 0 Å². The lowest BCUT2D eigenvalue weighted by molar-refractivity contribution is 0.276. The fourth-order valence-corrected chi connectivity index (χ4v) is 2.27. The molecule has 19 heavy (non-hydrogen) atoms. The Balaban J connectivity index is 2.62. The van der Waals surface area contributed by atoms with E-state index in [-0.39, 0.29) is 6.61 Å². The molecule has 0 unspecified atom stereocenters. The van der Waals surface area contributed by atoms with Gasteiger partial charge in [0.25, 0.3) is 0 Å². The molecule has 1 aromatic heterocycles. The molecule has 0 atom stereocenters. The molecule has 1 N–H and O–H groups in total. The molecule has 0 saturated carbocycles. The minimum Gasteiger partial charge on any atom is -0.493 e. The molecule has 0 spiro atoms. The number of aromatic nitrogens is 2. The quantitative estimate of drug-likeness (QED) is 0.867. The summed E-state index contributed by atoms with van der Waals surface area (Å²) in [6, 6.07) is 3.79. The lowest BCUT2D eigenvalue weighted by Crippen LogP contribution is -2.06. The van der Waals surface area contributed by atoms with Crippen molar-refractivity contribution < 1.29 is 14.6 Å². The molecule has 1 heterocycles. The van der Waals surface area contributed by atoms with Crippen LogP contribution in [0.5, 0.6) is 11.5 Å². The summed E-state index contributed by atoms with van der Waals surface area (Å²) in [7, 11) is 3.23. The zero-order valence-electron chi connectivity index (χ0n) is 11.6. The molecule has 5 heteroatoms. The summed E-state index contributed by atoms with van der Waals surface area (Å²) in [6.07, 6.45) is 1.91. The predicted molar refractivity (Wildman–Crippen MR) is 73.9 cm³/mol. The van der Waals surface area contributed by atoms with Gasteiger partial charge < -0.3 is 19.1 Å². The van der Waals surface area contributed by atoms with Crippen molar-refractivity contribution in [2.75, 3.05) is 20.8 Å². The summed E-state index contributed by atoms with van der Waals surface area (Å²) in [4.78, 5) is 4.62. The molecule has 5 nitrogen and oxygen atoms in total. The molecule has 104 valence electrons. The van der Waals surface area contributed by atoms with E-state index in [0.29, 0.717) is 18.0 Å². The van der Waals surface area contributed by atoms with Crippen molar-refractivity contribution in [3.8, 4) is 11.5 Å². The lowest BCUT2D eigenvalue weighted by Gasteiger charge is -2.09. The molecule has 1 aromatic carbocycles. The van der Waals surface area contributed by atoms with Gasteiger partial charge in [-0.05, 0) is 6.42 Å². The van der Waals surface area contributed by atoms with E-state index in [2.05, 4.69) is 11.9 Å². The number of ether oxygens (including phenoxy) is 2. The van der Waals surface area contributed by atoms with Gasteiger partial charge in [0, 0.05) is 25.1 Å². The summed E-state index contributed by atoms with van der Waals surface area (Å²) in [6.45, 7) is 2.75. The van der Waals surface area contributed by atoms with Crippen LogP contribution in [0.2, 0.25) is 0 Å². The number of rotatable bonds is 6. The van der Waals surface area contributed by atoms with Gasteiger partial charge in [-0.15, -0.1) is 0 Å². The van der Waals surface area contributed by atoms with E-state index >= 15 is 0 Å². The zero-order valence-corrected chi connectivity index (χ0v) is 11.6. The van der Waals surface area contributed by atoms with Crippen LogP contribution in [0.15, 0.2) is 12.1 Å². The van der Waals surface area contributed by atoms with Crippen molar-refractivity contribution in [3.05, 3.63) is 18.0 Å². The topological polar surface area (TPSA) is 56.5 Å². The summed E-state index contributed by atoms with van der Waals surface area (Å²) in [5.41, 5.74) is 1.84. The zero-order chi connectivity index (χ0) is 13.8. The van der Waals surface area contributed by atoms with Gasteiger partial charge >= 0.3 is 0 Å². The van der Waals surface area contributed by atoms with Gasteiger partial charge in [-0.3, -0.25) is 0 Å². The molecule has 0 bridgehead atoms. The molecular weight excluding hydrogens is 244 g/mol. The molecule has 0 radical (unpaired) electrons. The third-order valence-corrected chi connectivity index (χ3v) is 3.13. The van der Waals surface area contributed by atoms with Crippen LogP contribution in [0.4, 0.5) is 0 Å². The van der Waals surface area contributed by atoms with E-state index in [1.165, 1.54) is 0 Å². The number of aliphatic hydroxyl groups is 1. The Labute approximate surface area is 112 Å². The Hall–Kier alpha value is -1.75. The van der Waals surface area contributed by atoms with Gasteiger partial charge in [0.2, 0.25) is 0 Å². The van der Waals surface area contributed by atoms with Crippen molar-refractivity contribution >= 4 is 11.0 Å². The van der Waals surface area contributed by atoms with E-state index < -0.39 is 0 Å². The Bertz CT molecular complexity index is 563. The third kappa shape index (κ3) is 2.51. The van der Waals surface area contributed by atoms with Crippen LogP contribution >= 0.6 is 0 Å². The second-order valence-corrected chi connectivity index (χ2v) is 4.35. The number of methoxy groups -OCH3 is 2. The second-order valence-electron chi connectivity index (χ2n) is 4.35. The monoisotopic (exact) mass is 264 g/mol. The summed E-state index contributed by atoms with van der Waals surface area (Å²) >= 11 is 0. The minimum absolute atomic E-state index is 0.0938. The van der Waals surface area contributed by atoms with Gasteiger partial charge in [-0.2, -0.15) is 0 Å². The van der Waals surface area contributed by atoms with Gasteiger partial charge in [0.05, 0.1) is 31.9 Å². The van der Waals surface area contributed by atoms with Crippen LogP contribution in [0, 0.1) is 0 Å². The fourth-order valence-electron chi connectivity index (χ4n) is 2.27. The highest BCUT2D eigenvalue weighted by molar-refractivity contribution is 5.80. The number of aliphatic hydroxyl groups excluding tert-OH is 1. The minimum atomic E-state index is 0.0938.